The van der Waals surface area contributed by atoms with E-state index in [1.165, 1.54) is 23.1 Å². The maximum Gasteiger partial charge on any atom is 0.239 e. The molecule has 0 aromatic carbocycles. The quantitative estimate of drug-likeness (QED) is 0.913. The SMILES string of the molecule is Cc1nnc(NC(=O)C(C)SCc2ccco2)s1. The number of anilines is 1. The Morgan fingerprint density at radius 2 is 2.44 bits per heavy atom. The Labute approximate surface area is 113 Å². The van der Waals surface area contributed by atoms with Crippen LogP contribution >= 0.6 is 23.1 Å². The van der Waals surface area contributed by atoms with E-state index in [9.17, 15) is 4.79 Å². The molecule has 0 radical (unpaired) electrons. The van der Waals surface area contributed by atoms with E-state index in [-0.39, 0.29) is 11.2 Å². The van der Waals surface area contributed by atoms with Gasteiger partial charge in [-0.2, -0.15) is 0 Å². The second-order valence-corrected chi connectivity index (χ2v) is 6.16. The van der Waals surface area contributed by atoms with Crippen molar-refractivity contribution < 1.29 is 9.21 Å². The second kappa shape index (κ2) is 6.01. The van der Waals surface area contributed by atoms with Gasteiger partial charge in [-0.15, -0.1) is 22.0 Å². The lowest BCUT2D eigenvalue weighted by Crippen LogP contribution is -2.22. The van der Waals surface area contributed by atoms with Crippen molar-refractivity contribution in [2.24, 2.45) is 0 Å². The molecule has 0 aliphatic rings. The molecule has 7 heteroatoms. The third-order valence-corrected chi connectivity index (χ3v) is 4.10. The van der Waals surface area contributed by atoms with E-state index in [4.69, 9.17) is 4.42 Å². The molecule has 1 amide bonds. The smallest absolute Gasteiger partial charge is 0.239 e. The van der Waals surface area contributed by atoms with Gasteiger partial charge in [0.1, 0.15) is 10.8 Å². The minimum Gasteiger partial charge on any atom is -0.468 e. The summed E-state index contributed by atoms with van der Waals surface area (Å²) in [5.74, 6) is 1.48. The number of nitrogens with one attached hydrogen (secondary N) is 1. The molecule has 0 saturated carbocycles. The number of hydrogen-bond acceptors (Lipinski definition) is 6. The maximum absolute atomic E-state index is 11.9. The molecule has 2 aromatic heterocycles. The average molecular weight is 283 g/mol. The van der Waals surface area contributed by atoms with Crippen LogP contribution in [0.5, 0.6) is 0 Å². The number of hydrogen-bond donors (Lipinski definition) is 1. The Bertz CT molecular complexity index is 510. The number of carbonyl (C=O) groups is 1. The largest absolute Gasteiger partial charge is 0.468 e. The van der Waals surface area contributed by atoms with Gasteiger partial charge < -0.3 is 4.42 Å². The molecule has 1 atom stereocenters. The van der Waals surface area contributed by atoms with E-state index in [1.807, 2.05) is 26.0 Å². The Balaban J connectivity index is 1.81. The summed E-state index contributed by atoms with van der Waals surface area (Å²) in [5.41, 5.74) is 0. The van der Waals surface area contributed by atoms with Crippen LogP contribution in [0.1, 0.15) is 17.7 Å². The molecule has 1 unspecified atom stereocenters. The molecule has 1 N–H and O–H groups in total. The Morgan fingerprint density at radius 3 is 3.06 bits per heavy atom. The topological polar surface area (TPSA) is 68.0 Å². The number of aromatic nitrogens is 2. The van der Waals surface area contributed by atoms with Crippen LogP contribution in [0.15, 0.2) is 22.8 Å². The van der Waals surface area contributed by atoms with E-state index >= 15 is 0 Å². The number of furan rings is 1. The summed E-state index contributed by atoms with van der Waals surface area (Å²) < 4.78 is 5.21. The van der Waals surface area contributed by atoms with Crippen LogP contribution in [0.25, 0.3) is 0 Å². The van der Waals surface area contributed by atoms with Crippen LogP contribution in [0.2, 0.25) is 0 Å². The minimum absolute atomic E-state index is 0.0669. The van der Waals surface area contributed by atoms with Crippen molar-refractivity contribution in [3.63, 3.8) is 0 Å². The predicted octanol–water partition coefficient (Wildman–Crippen LogP) is 2.70. The van der Waals surface area contributed by atoms with Gasteiger partial charge >= 0.3 is 0 Å². The summed E-state index contributed by atoms with van der Waals surface area (Å²) in [6.45, 7) is 3.71. The second-order valence-electron chi connectivity index (χ2n) is 3.65. The average Bonchev–Trinajstić information content (AvgIpc) is 2.97. The number of aryl methyl sites for hydroxylation is 1. The first-order valence-electron chi connectivity index (χ1n) is 5.40. The zero-order valence-electron chi connectivity index (χ0n) is 10.0. The molecule has 0 aliphatic carbocycles. The lowest BCUT2D eigenvalue weighted by Gasteiger charge is -2.08. The van der Waals surface area contributed by atoms with Gasteiger partial charge in [-0.05, 0) is 26.0 Å². The van der Waals surface area contributed by atoms with E-state index in [0.29, 0.717) is 10.9 Å². The molecule has 2 heterocycles. The van der Waals surface area contributed by atoms with E-state index in [2.05, 4.69) is 15.5 Å². The van der Waals surface area contributed by atoms with Crippen LogP contribution in [0.4, 0.5) is 5.13 Å². The van der Waals surface area contributed by atoms with Crippen molar-refractivity contribution in [3.8, 4) is 0 Å². The molecule has 0 fully saturated rings. The molecule has 2 rings (SSSR count). The Morgan fingerprint density at radius 1 is 1.61 bits per heavy atom. The third kappa shape index (κ3) is 3.58. The van der Waals surface area contributed by atoms with Crippen molar-refractivity contribution in [2.75, 3.05) is 5.32 Å². The minimum atomic E-state index is -0.167. The first-order valence-corrected chi connectivity index (χ1v) is 7.26. The Kier molecular flexibility index (Phi) is 4.38. The summed E-state index contributed by atoms with van der Waals surface area (Å²) in [7, 11) is 0. The highest BCUT2D eigenvalue weighted by atomic mass is 32.2. The van der Waals surface area contributed by atoms with Crippen LogP contribution in [-0.2, 0) is 10.5 Å². The lowest BCUT2D eigenvalue weighted by atomic mass is 10.4. The third-order valence-electron chi connectivity index (χ3n) is 2.18. The van der Waals surface area contributed by atoms with Crippen molar-refractivity contribution in [2.45, 2.75) is 24.9 Å². The van der Waals surface area contributed by atoms with Crippen molar-refractivity contribution in [1.82, 2.24) is 10.2 Å². The van der Waals surface area contributed by atoms with Gasteiger partial charge in [0.05, 0.1) is 17.3 Å². The number of carbonyl (C=O) groups excluding carboxylic acids is 1. The van der Waals surface area contributed by atoms with Crippen molar-refractivity contribution >= 4 is 34.1 Å². The first-order chi connectivity index (χ1) is 8.65. The van der Waals surface area contributed by atoms with Crippen molar-refractivity contribution in [3.05, 3.63) is 29.2 Å². The molecular weight excluding hydrogens is 270 g/mol. The number of rotatable bonds is 5. The summed E-state index contributed by atoms with van der Waals surface area (Å²) in [5, 5.41) is 11.7. The molecule has 0 saturated heterocycles. The van der Waals surface area contributed by atoms with Gasteiger partial charge in [0.2, 0.25) is 11.0 Å². The van der Waals surface area contributed by atoms with Gasteiger partial charge in [-0.1, -0.05) is 11.3 Å². The van der Waals surface area contributed by atoms with Crippen LogP contribution in [0.3, 0.4) is 0 Å². The van der Waals surface area contributed by atoms with Gasteiger partial charge in [0, 0.05) is 0 Å². The van der Waals surface area contributed by atoms with Gasteiger partial charge in [0.15, 0.2) is 0 Å². The fourth-order valence-corrected chi connectivity index (χ4v) is 2.62. The normalized spacial score (nSPS) is 12.3. The van der Waals surface area contributed by atoms with Gasteiger partial charge in [-0.3, -0.25) is 10.1 Å². The maximum atomic E-state index is 11.9. The number of amides is 1. The highest BCUT2D eigenvalue weighted by molar-refractivity contribution is 7.99. The summed E-state index contributed by atoms with van der Waals surface area (Å²) in [6.07, 6.45) is 1.63. The monoisotopic (exact) mass is 283 g/mol. The van der Waals surface area contributed by atoms with Crippen molar-refractivity contribution in [1.29, 1.82) is 0 Å². The molecular formula is C11H13N3O2S2. The van der Waals surface area contributed by atoms with Crippen LogP contribution in [0, 0.1) is 6.92 Å². The zero-order valence-corrected chi connectivity index (χ0v) is 11.7. The summed E-state index contributed by atoms with van der Waals surface area (Å²) in [4.78, 5) is 11.9. The molecule has 2 aromatic rings. The Hall–Kier alpha value is -1.34. The first kappa shape index (κ1) is 13.1. The molecule has 96 valence electrons. The molecule has 5 nitrogen and oxygen atoms in total. The predicted molar refractivity (Wildman–Crippen MR) is 72.7 cm³/mol. The van der Waals surface area contributed by atoms with Gasteiger partial charge in [0.25, 0.3) is 0 Å². The van der Waals surface area contributed by atoms with E-state index in [0.717, 1.165) is 10.8 Å². The van der Waals surface area contributed by atoms with Crippen LogP contribution in [-0.4, -0.2) is 21.4 Å². The standard InChI is InChI=1S/C11H13N3O2S2/c1-7(17-6-9-4-3-5-16-9)10(15)12-11-14-13-8(2)18-11/h3-5,7H,6H2,1-2H3,(H,12,14,15). The highest BCUT2D eigenvalue weighted by Crippen LogP contribution is 2.20. The summed E-state index contributed by atoms with van der Waals surface area (Å²) >= 11 is 2.89. The highest BCUT2D eigenvalue weighted by Gasteiger charge is 2.15. The number of thioether (sulfide) groups is 1. The van der Waals surface area contributed by atoms with E-state index in [1.54, 1.807) is 6.26 Å². The van der Waals surface area contributed by atoms with Crippen LogP contribution < -0.4 is 5.32 Å². The molecule has 18 heavy (non-hydrogen) atoms. The van der Waals surface area contributed by atoms with Gasteiger partial charge in [-0.25, -0.2) is 0 Å². The van der Waals surface area contributed by atoms with E-state index < -0.39 is 0 Å². The molecule has 0 bridgehead atoms. The summed E-state index contributed by atoms with van der Waals surface area (Å²) in [6, 6.07) is 3.73. The molecule has 0 spiro atoms. The zero-order chi connectivity index (χ0) is 13.0. The number of nitrogens with zero attached hydrogens (tertiary/aromatic N) is 2. The molecule has 0 aliphatic heterocycles. The fraction of sp³-hybridized carbons (Fsp3) is 0.364. The fourth-order valence-electron chi connectivity index (χ4n) is 1.23. The lowest BCUT2D eigenvalue weighted by molar-refractivity contribution is -0.115.